The summed E-state index contributed by atoms with van der Waals surface area (Å²) in [5.74, 6) is 0.818. The van der Waals surface area contributed by atoms with E-state index in [0.717, 1.165) is 0 Å². The molecule has 0 aliphatic rings. The zero-order valence-corrected chi connectivity index (χ0v) is 15.2. The van der Waals surface area contributed by atoms with E-state index in [0.29, 0.717) is 41.8 Å². The fourth-order valence-corrected chi connectivity index (χ4v) is 2.16. The summed E-state index contributed by atoms with van der Waals surface area (Å²) in [5.41, 5.74) is 0.439. The molecule has 0 fully saturated rings. The van der Waals surface area contributed by atoms with E-state index >= 15 is 0 Å². The summed E-state index contributed by atoms with van der Waals surface area (Å²) in [5, 5.41) is 7.06. The van der Waals surface area contributed by atoms with Crippen LogP contribution < -0.4 is 15.4 Å². The minimum atomic E-state index is -0.484. The van der Waals surface area contributed by atoms with Gasteiger partial charge in [0.25, 0.3) is 0 Å². The van der Waals surface area contributed by atoms with Crippen molar-refractivity contribution in [3.05, 3.63) is 41.8 Å². The average Bonchev–Trinajstić information content (AvgIpc) is 2.64. The van der Waals surface area contributed by atoms with Gasteiger partial charge in [0.05, 0.1) is 39.3 Å². The summed E-state index contributed by atoms with van der Waals surface area (Å²) in [6.45, 7) is 0.918. The number of benzene rings is 1. The van der Waals surface area contributed by atoms with Crippen LogP contribution in [0.2, 0.25) is 5.02 Å². The second-order valence-corrected chi connectivity index (χ2v) is 5.37. The zero-order valence-electron chi connectivity index (χ0n) is 14.4. The molecule has 1 aromatic carbocycles. The Morgan fingerprint density at radius 2 is 2.04 bits per heavy atom. The number of hydroxylamine groups is 2. The number of aromatic nitrogens is 2. The highest BCUT2D eigenvalue weighted by Gasteiger charge is 2.10. The van der Waals surface area contributed by atoms with Crippen molar-refractivity contribution >= 4 is 29.1 Å². The lowest BCUT2D eigenvalue weighted by Crippen LogP contribution is -2.23. The minimum Gasteiger partial charge on any atom is -0.491 e. The van der Waals surface area contributed by atoms with Gasteiger partial charge in [-0.25, -0.2) is 9.78 Å². The fraction of sp³-hybridized carbons (Fsp3) is 0.312. The molecule has 0 spiro atoms. The number of carbonyl (C=O) groups is 1. The Kier molecular flexibility index (Phi) is 8.03. The molecule has 0 aliphatic carbocycles. The first-order valence-corrected chi connectivity index (χ1v) is 8.12. The highest BCUT2D eigenvalue weighted by Crippen LogP contribution is 2.28. The van der Waals surface area contributed by atoms with Crippen molar-refractivity contribution in [2.45, 2.75) is 6.42 Å². The van der Waals surface area contributed by atoms with Crippen LogP contribution in [-0.2, 0) is 9.68 Å². The van der Waals surface area contributed by atoms with Gasteiger partial charge >= 0.3 is 6.03 Å². The topological polar surface area (TPSA) is 97.8 Å². The molecule has 1 heterocycles. The molecule has 0 saturated carbocycles. The number of halogens is 1. The Bertz CT molecular complexity index is 700. The van der Waals surface area contributed by atoms with Crippen LogP contribution in [0.15, 0.2) is 36.8 Å². The molecule has 0 saturated heterocycles. The summed E-state index contributed by atoms with van der Waals surface area (Å²) < 4.78 is 5.72. The van der Waals surface area contributed by atoms with Crippen molar-refractivity contribution in [3.8, 4) is 5.75 Å². The van der Waals surface area contributed by atoms with Crippen LogP contribution in [0.5, 0.6) is 5.75 Å². The van der Waals surface area contributed by atoms with E-state index < -0.39 is 6.03 Å². The number of nitrogens with zero attached hydrogens (tertiary/aromatic N) is 3. The molecule has 0 radical (unpaired) electrons. The Balaban J connectivity index is 1.93. The van der Waals surface area contributed by atoms with Crippen LogP contribution in [0.1, 0.15) is 6.42 Å². The van der Waals surface area contributed by atoms with Crippen molar-refractivity contribution < 1.29 is 19.2 Å². The molecule has 2 N–H and O–H groups in total. The van der Waals surface area contributed by atoms with E-state index in [9.17, 15) is 4.79 Å². The van der Waals surface area contributed by atoms with Gasteiger partial charge < -0.3 is 10.1 Å². The monoisotopic (exact) mass is 381 g/mol. The van der Waals surface area contributed by atoms with Gasteiger partial charge in [-0.1, -0.05) is 16.8 Å². The lowest BCUT2D eigenvalue weighted by atomic mass is 10.3. The molecular formula is C16H20ClN5O4. The highest BCUT2D eigenvalue weighted by atomic mass is 35.5. The molecule has 0 aliphatic heterocycles. The Morgan fingerprint density at radius 1 is 1.23 bits per heavy atom. The summed E-state index contributed by atoms with van der Waals surface area (Å²) in [6.07, 6.45) is 5.08. The standard InChI is InChI=1S/C16H20ClN5O4/c1-24-22(25-2)8-3-9-26-14-5-4-12(17)10-13(14)20-16(23)21-15-11-18-6-7-19-15/h4-7,10-11H,3,8-9H2,1-2H3,(H2,19,20,21,23). The first kappa shape index (κ1) is 19.9. The van der Waals surface area contributed by atoms with Crippen molar-refractivity contribution in [2.75, 3.05) is 38.0 Å². The summed E-state index contributed by atoms with van der Waals surface area (Å²) in [4.78, 5) is 29.9. The number of nitrogens with one attached hydrogen (secondary N) is 2. The quantitative estimate of drug-likeness (QED) is 0.509. The zero-order chi connectivity index (χ0) is 18.8. The van der Waals surface area contributed by atoms with E-state index in [-0.39, 0.29) is 0 Å². The van der Waals surface area contributed by atoms with Crippen LogP contribution in [0.4, 0.5) is 16.3 Å². The van der Waals surface area contributed by atoms with Gasteiger partial charge in [-0.3, -0.25) is 20.0 Å². The number of hydrogen-bond donors (Lipinski definition) is 2. The molecule has 10 heteroatoms. The van der Waals surface area contributed by atoms with E-state index in [1.165, 1.54) is 38.0 Å². The first-order valence-electron chi connectivity index (χ1n) is 7.74. The molecule has 0 bridgehead atoms. The predicted molar refractivity (Wildman–Crippen MR) is 97.0 cm³/mol. The number of carbonyl (C=O) groups excluding carboxylic acids is 1. The molecule has 26 heavy (non-hydrogen) atoms. The van der Waals surface area contributed by atoms with Crippen molar-refractivity contribution in [1.29, 1.82) is 0 Å². The van der Waals surface area contributed by atoms with E-state index in [1.807, 2.05) is 0 Å². The van der Waals surface area contributed by atoms with Crippen LogP contribution in [0, 0.1) is 0 Å². The van der Waals surface area contributed by atoms with Gasteiger partial charge in [0.15, 0.2) is 5.82 Å². The van der Waals surface area contributed by atoms with Gasteiger partial charge in [0.1, 0.15) is 5.75 Å². The molecule has 1 aromatic heterocycles. The van der Waals surface area contributed by atoms with Crippen molar-refractivity contribution in [2.24, 2.45) is 0 Å². The van der Waals surface area contributed by atoms with Gasteiger partial charge in [0.2, 0.25) is 0 Å². The number of ether oxygens (including phenoxy) is 1. The van der Waals surface area contributed by atoms with E-state index in [4.69, 9.17) is 26.0 Å². The SMILES string of the molecule is CON(CCCOc1ccc(Cl)cc1NC(=O)Nc1cnccn1)OC. The number of amides is 2. The summed E-state index contributed by atoms with van der Waals surface area (Å²) >= 11 is 6.01. The van der Waals surface area contributed by atoms with Crippen LogP contribution in [-0.4, -0.2) is 48.6 Å². The van der Waals surface area contributed by atoms with E-state index in [1.54, 1.807) is 18.2 Å². The fourth-order valence-electron chi connectivity index (χ4n) is 1.99. The Hall–Kier alpha value is -2.46. The van der Waals surface area contributed by atoms with Crippen LogP contribution in [0.25, 0.3) is 0 Å². The molecule has 0 atom stereocenters. The summed E-state index contributed by atoms with van der Waals surface area (Å²) in [7, 11) is 3.03. The third-order valence-corrected chi connectivity index (χ3v) is 3.38. The van der Waals surface area contributed by atoms with Gasteiger partial charge in [-0.15, -0.1) is 0 Å². The maximum Gasteiger partial charge on any atom is 0.325 e. The predicted octanol–water partition coefficient (Wildman–Crippen LogP) is 2.97. The lowest BCUT2D eigenvalue weighted by molar-refractivity contribution is -0.342. The van der Waals surface area contributed by atoms with E-state index in [2.05, 4.69) is 20.6 Å². The molecule has 9 nitrogen and oxygen atoms in total. The molecule has 140 valence electrons. The molecular weight excluding hydrogens is 362 g/mol. The number of urea groups is 1. The normalized spacial score (nSPS) is 10.6. The molecule has 2 amide bonds. The maximum atomic E-state index is 12.1. The minimum absolute atomic E-state index is 0.328. The number of rotatable bonds is 9. The van der Waals surface area contributed by atoms with Gasteiger partial charge in [-0.05, 0) is 24.6 Å². The average molecular weight is 382 g/mol. The largest absolute Gasteiger partial charge is 0.491 e. The first-order chi connectivity index (χ1) is 12.6. The highest BCUT2D eigenvalue weighted by molar-refractivity contribution is 6.31. The molecule has 2 rings (SSSR count). The third-order valence-electron chi connectivity index (χ3n) is 3.14. The molecule has 0 unspecified atom stereocenters. The van der Waals surface area contributed by atoms with Gasteiger partial charge in [-0.2, -0.15) is 0 Å². The summed E-state index contributed by atoms with van der Waals surface area (Å²) in [6, 6.07) is 4.48. The second-order valence-electron chi connectivity index (χ2n) is 4.93. The maximum absolute atomic E-state index is 12.1. The Morgan fingerprint density at radius 3 is 2.73 bits per heavy atom. The smallest absolute Gasteiger partial charge is 0.325 e. The van der Waals surface area contributed by atoms with Gasteiger partial charge in [0, 0.05) is 17.4 Å². The third kappa shape index (κ3) is 6.45. The van der Waals surface area contributed by atoms with Crippen LogP contribution in [0.3, 0.4) is 0 Å². The number of hydrogen-bond acceptors (Lipinski definition) is 7. The Labute approximate surface area is 156 Å². The van der Waals surface area contributed by atoms with Crippen molar-refractivity contribution in [1.82, 2.24) is 15.2 Å². The molecule has 2 aromatic rings. The number of anilines is 2. The lowest BCUT2D eigenvalue weighted by Gasteiger charge is -2.17. The van der Waals surface area contributed by atoms with Crippen LogP contribution >= 0.6 is 11.6 Å². The van der Waals surface area contributed by atoms with Crippen molar-refractivity contribution in [3.63, 3.8) is 0 Å². The second kappa shape index (κ2) is 10.5.